The summed E-state index contributed by atoms with van der Waals surface area (Å²) in [6.45, 7) is 4.16. The molecule has 12 heavy (non-hydrogen) atoms. The minimum atomic E-state index is -0.162. The molecule has 0 spiro atoms. The lowest BCUT2D eigenvalue weighted by Crippen LogP contribution is -2.25. The molecule has 4 unspecified atom stereocenters. The molecule has 0 aromatic heterocycles. The highest BCUT2D eigenvalue weighted by atomic mass is 31.0. The van der Waals surface area contributed by atoms with Crippen LogP contribution in [0.2, 0.25) is 0 Å². The van der Waals surface area contributed by atoms with Crippen LogP contribution in [0.1, 0.15) is 6.42 Å². The van der Waals surface area contributed by atoms with E-state index < -0.39 is 0 Å². The van der Waals surface area contributed by atoms with E-state index in [4.69, 9.17) is 17.3 Å². The van der Waals surface area contributed by atoms with Gasteiger partial charge in [0.2, 0.25) is 0 Å². The van der Waals surface area contributed by atoms with Gasteiger partial charge in [0.05, 0.1) is 18.8 Å². The average Bonchev–Trinajstić information content (AvgIpc) is 2.42. The summed E-state index contributed by atoms with van der Waals surface area (Å²) in [6, 6.07) is -0.162. The molecule has 0 saturated carbocycles. The Balaban J connectivity index is 2.35. The van der Waals surface area contributed by atoms with Crippen molar-refractivity contribution in [2.24, 2.45) is 0 Å². The maximum Gasteiger partial charge on any atom is 0.109 e. The van der Waals surface area contributed by atoms with Crippen molar-refractivity contribution < 1.29 is 9.47 Å². The first kappa shape index (κ1) is 10.2. The van der Waals surface area contributed by atoms with Crippen molar-refractivity contribution in [2.45, 2.75) is 24.6 Å². The van der Waals surface area contributed by atoms with E-state index in [1.165, 1.54) is 0 Å². The van der Waals surface area contributed by atoms with E-state index in [9.17, 15) is 0 Å². The van der Waals surface area contributed by atoms with E-state index >= 15 is 0 Å². The van der Waals surface area contributed by atoms with Crippen LogP contribution in [0.25, 0.3) is 0 Å². The zero-order valence-corrected chi connectivity index (χ0v) is 8.26. The first-order valence-corrected chi connectivity index (χ1v) is 4.93. The van der Waals surface area contributed by atoms with Gasteiger partial charge in [-0.05, 0) is 12.6 Å². The van der Waals surface area contributed by atoms with Crippen molar-refractivity contribution in [1.29, 1.82) is 0 Å². The Morgan fingerprint density at radius 1 is 1.75 bits per heavy atom. The number of ether oxygens (including phenoxy) is 2. The van der Waals surface area contributed by atoms with Crippen LogP contribution >= 0.6 is 9.24 Å². The van der Waals surface area contributed by atoms with Gasteiger partial charge in [-0.2, -0.15) is 0 Å². The molecule has 1 heterocycles. The fourth-order valence-electron chi connectivity index (χ4n) is 1.32. The quantitative estimate of drug-likeness (QED) is 0.364. The number of rotatable bonds is 4. The van der Waals surface area contributed by atoms with E-state index in [-0.39, 0.29) is 18.2 Å². The molecule has 1 saturated heterocycles. The zero-order chi connectivity index (χ0) is 8.97. The molecule has 66 valence electrons. The predicted molar refractivity (Wildman–Crippen MR) is 53.5 cm³/mol. The zero-order valence-electron chi connectivity index (χ0n) is 7.11. The van der Waals surface area contributed by atoms with Gasteiger partial charge in [-0.1, -0.05) is 6.08 Å². The maximum atomic E-state index is 5.63. The molecule has 2 radical (unpaired) electrons. The fourth-order valence-corrected chi connectivity index (χ4v) is 1.74. The third-order valence-corrected chi connectivity index (χ3v) is 2.35. The van der Waals surface area contributed by atoms with Gasteiger partial charge in [-0.15, -0.1) is 15.8 Å². The fraction of sp³-hybridized carbons (Fsp3) is 0.750. The summed E-state index contributed by atoms with van der Waals surface area (Å²) in [4.78, 5) is 0. The Labute approximate surface area is 77.3 Å². The second-order valence-corrected chi connectivity index (χ2v) is 3.32. The van der Waals surface area contributed by atoms with Gasteiger partial charge in [-0.3, -0.25) is 0 Å². The second-order valence-electron chi connectivity index (χ2n) is 2.84. The molecule has 4 atom stereocenters. The van der Waals surface area contributed by atoms with Crippen LogP contribution in [-0.2, 0) is 9.47 Å². The van der Waals surface area contributed by atoms with E-state index in [1.807, 2.05) is 0 Å². The number of hydrogen-bond acceptors (Lipinski definition) is 2. The predicted octanol–water partition coefficient (Wildman–Crippen LogP) is 0.716. The van der Waals surface area contributed by atoms with Crippen LogP contribution in [0, 0.1) is 0 Å². The summed E-state index contributed by atoms with van der Waals surface area (Å²) < 4.78 is 10.9. The molecule has 1 rings (SSSR count). The summed E-state index contributed by atoms with van der Waals surface area (Å²) in [5.41, 5.74) is 0. The molecular weight excluding hydrogens is 170 g/mol. The van der Waals surface area contributed by atoms with E-state index in [2.05, 4.69) is 15.8 Å². The van der Waals surface area contributed by atoms with Crippen LogP contribution in [-0.4, -0.2) is 38.8 Å². The van der Waals surface area contributed by atoms with Crippen LogP contribution in [0.4, 0.5) is 0 Å². The van der Waals surface area contributed by atoms with Crippen LogP contribution in [0.3, 0.4) is 0 Å². The first-order valence-electron chi connectivity index (χ1n) is 4.11. The summed E-state index contributed by atoms with van der Waals surface area (Å²) in [7, 11) is 8.27. The Hall–Kier alpha value is 0.155. The molecule has 0 aliphatic carbocycles. The molecule has 0 aromatic carbocycles. The van der Waals surface area contributed by atoms with Gasteiger partial charge in [0, 0.05) is 6.00 Å². The standard InChI is InChI=1S/C8H14BO2P/c1-2-3-10-6-4-8(9)11-7(6)5-12/h2,6-8H,1,3-5,12H2. The summed E-state index contributed by atoms with van der Waals surface area (Å²) in [5.74, 6) is 0. The van der Waals surface area contributed by atoms with Crippen molar-refractivity contribution in [1.82, 2.24) is 0 Å². The Kier molecular flexibility index (Phi) is 4.27. The molecule has 2 nitrogen and oxygen atoms in total. The van der Waals surface area contributed by atoms with Crippen molar-refractivity contribution in [3.05, 3.63) is 12.7 Å². The molecule has 0 amide bonds. The van der Waals surface area contributed by atoms with Crippen LogP contribution in [0.15, 0.2) is 12.7 Å². The molecule has 0 N–H and O–H groups in total. The highest BCUT2D eigenvalue weighted by Gasteiger charge is 2.31. The van der Waals surface area contributed by atoms with Gasteiger partial charge in [0.1, 0.15) is 7.85 Å². The molecule has 0 aromatic rings. The van der Waals surface area contributed by atoms with Crippen molar-refractivity contribution >= 4 is 17.1 Å². The van der Waals surface area contributed by atoms with Gasteiger partial charge < -0.3 is 9.47 Å². The molecule has 4 heteroatoms. The SMILES string of the molecule is [B]C1CC(OCC=C)C(CP)O1. The Morgan fingerprint density at radius 3 is 3.08 bits per heavy atom. The van der Waals surface area contributed by atoms with E-state index in [0.29, 0.717) is 6.61 Å². The van der Waals surface area contributed by atoms with Crippen LogP contribution < -0.4 is 0 Å². The third kappa shape index (κ3) is 2.58. The monoisotopic (exact) mass is 184 g/mol. The largest absolute Gasteiger partial charge is 0.382 e. The minimum absolute atomic E-state index is 0.130. The first-order chi connectivity index (χ1) is 5.77. The summed E-state index contributed by atoms with van der Waals surface area (Å²) in [5, 5.41) is 0. The smallest absolute Gasteiger partial charge is 0.109 e. The van der Waals surface area contributed by atoms with E-state index in [1.54, 1.807) is 6.08 Å². The Bertz CT molecular complexity index is 154. The third-order valence-electron chi connectivity index (χ3n) is 1.89. The lowest BCUT2D eigenvalue weighted by atomic mass is 9.96. The van der Waals surface area contributed by atoms with Crippen molar-refractivity contribution in [2.75, 3.05) is 12.8 Å². The lowest BCUT2D eigenvalue weighted by Gasteiger charge is -2.16. The Morgan fingerprint density at radius 2 is 2.50 bits per heavy atom. The molecule has 1 aliphatic rings. The van der Waals surface area contributed by atoms with Gasteiger partial charge in [0.15, 0.2) is 0 Å². The maximum absolute atomic E-state index is 5.63. The summed E-state index contributed by atoms with van der Waals surface area (Å²) >= 11 is 0. The molecule has 1 aliphatic heterocycles. The second kappa shape index (κ2) is 5.01. The highest BCUT2D eigenvalue weighted by molar-refractivity contribution is 7.16. The van der Waals surface area contributed by atoms with Gasteiger partial charge in [0.25, 0.3) is 0 Å². The minimum Gasteiger partial charge on any atom is -0.382 e. The lowest BCUT2D eigenvalue weighted by molar-refractivity contribution is 0.00990. The van der Waals surface area contributed by atoms with E-state index in [0.717, 1.165) is 12.6 Å². The summed E-state index contributed by atoms with van der Waals surface area (Å²) in [6.07, 6.45) is 3.66. The molecular formula is C8H14BO2P. The topological polar surface area (TPSA) is 18.5 Å². The highest BCUT2D eigenvalue weighted by Crippen LogP contribution is 2.22. The molecule has 1 fully saturated rings. The van der Waals surface area contributed by atoms with Crippen molar-refractivity contribution in [3.63, 3.8) is 0 Å². The van der Waals surface area contributed by atoms with Gasteiger partial charge in [-0.25, -0.2) is 0 Å². The van der Waals surface area contributed by atoms with Crippen LogP contribution in [0.5, 0.6) is 0 Å². The average molecular weight is 184 g/mol. The van der Waals surface area contributed by atoms with Gasteiger partial charge >= 0.3 is 0 Å². The number of hydrogen-bond donors (Lipinski definition) is 0. The molecule has 0 bridgehead atoms. The normalized spacial score (nSPS) is 35.2. The van der Waals surface area contributed by atoms with Crippen molar-refractivity contribution in [3.8, 4) is 0 Å².